The van der Waals surface area contributed by atoms with Gasteiger partial charge >= 0.3 is 11.9 Å². The molecule has 2 aliphatic carbocycles. The molecule has 202 valence electrons. The second kappa shape index (κ2) is 15.0. The second-order valence-corrected chi connectivity index (χ2v) is 8.88. The van der Waals surface area contributed by atoms with Crippen molar-refractivity contribution in [2.45, 2.75) is 57.1 Å². The number of epoxide rings is 1. The van der Waals surface area contributed by atoms with Gasteiger partial charge in [0.2, 0.25) is 0 Å². The number of hydrogen-bond donors (Lipinski definition) is 0. The molecule has 0 aromatic rings. The van der Waals surface area contributed by atoms with Crippen LogP contribution in [0.15, 0.2) is 46.2 Å². The van der Waals surface area contributed by atoms with Gasteiger partial charge in [-0.2, -0.15) is 0 Å². The molecule has 1 saturated heterocycles. The van der Waals surface area contributed by atoms with Crippen molar-refractivity contribution in [3.8, 4) is 0 Å². The minimum absolute atomic E-state index is 0.00857. The average Bonchev–Trinajstić information content (AvgIpc) is 3.73. The molecule has 1 heterocycles. The van der Waals surface area contributed by atoms with Crippen molar-refractivity contribution in [2.75, 3.05) is 34.0 Å². The third-order valence-electron chi connectivity index (χ3n) is 6.42. The molecule has 0 aromatic heterocycles. The fraction of sp³-hybridized carbons (Fsp3) is 0.667. The Labute approximate surface area is 215 Å². The highest BCUT2D eigenvalue weighted by atomic mass is 16.6. The first kappa shape index (κ1) is 29.9. The fourth-order valence-electron chi connectivity index (χ4n) is 4.05. The van der Waals surface area contributed by atoms with E-state index in [4.69, 9.17) is 30.0 Å². The van der Waals surface area contributed by atoms with Crippen molar-refractivity contribution in [2.24, 2.45) is 22.1 Å². The van der Waals surface area contributed by atoms with E-state index in [2.05, 4.69) is 31.4 Å². The van der Waals surface area contributed by atoms with Crippen LogP contribution in [-0.2, 0) is 33.3 Å². The molecule has 0 aromatic carbocycles. The van der Waals surface area contributed by atoms with Crippen LogP contribution < -0.4 is 0 Å². The summed E-state index contributed by atoms with van der Waals surface area (Å²) < 4.78 is 25.8. The van der Waals surface area contributed by atoms with E-state index in [1.807, 2.05) is 13.8 Å². The molecule has 0 amide bonds. The summed E-state index contributed by atoms with van der Waals surface area (Å²) >= 11 is 0. The number of nitrogens with zero attached hydrogens (tertiary/aromatic N) is 6. The lowest BCUT2D eigenvalue weighted by Gasteiger charge is -2.31. The molecular weight excluding hydrogens is 484 g/mol. The van der Waals surface area contributed by atoms with Gasteiger partial charge in [0.1, 0.15) is 6.10 Å². The van der Waals surface area contributed by atoms with Gasteiger partial charge in [-0.1, -0.05) is 30.2 Å². The van der Waals surface area contributed by atoms with E-state index in [1.165, 1.54) is 14.2 Å². The zero-order valence-electron chi connectivity index (χ0n) is 21.6. The summed E-state index contributed by atoms with van der Waals surface area (Å²) in [5.74, 6) is -0.786. The number of hydrogen-bond acceptors (Lipinski definition) is 9. The summed E-state index contributed by atoms with van der Waals surface area (Å²) in [6.07, 6.45) is 5.52. The SMILES string of the molecule is C=CCOC1C=C(C(=O)OC)CC(N=[N+]=[N-])[C@@H]1C.COC(=O)C1=CC(OCC2CO2)[C@@H](C)C(N=[N+]=[N-])C1. The first-order valence-corrected chi connectivity index (χ1v) is 11.9. The van der Waals surface area contributed by atoms with Crippen molar-refractivity contribution in [1.82, 2.24) is 0 Å². The minimum atomic E-state index is -0.410. The van der Waals surface area contributed by atoms with Gasteiger partial charge in [-0.15, -0.1) is 6.58 Å². The summed E-state index contributed by atoms with van der Waals surface area (Å²) in [7, 11) is 2.65. The van der Waals surface area contributed by atoms with Gasteiger partial charge in [0.05, 0.1) is 46.2 Å². The molecule has 0 N–H and O–H groups in total. The minimum Gasteiger partial charge on any atom is -0.466 e. The fourth-order valence-corrected chi connectivity index (χ4v) is 4.05. The Hall–Kier alpha value is -3.34. The summed E-state index contributed by atoms with van der Waals surface area (Å²) in [6.45, 7) is 9.04. The van der Waals surface area contributed by atoms with Crippen LogP contribution in [0.25, 0.3) is 20.9 Å². The van der Waals surface area contributed by atoms with Crippen molar-refractivity contribution in [3.05, 3.63) is 56.8 Å². The van der Waals surface area contributed by atoms with Crippen molar-refractivity contribution in [3.63, 3.8) is 0 Å². The number of methoxy groups -OCH3 is 2. The molecule has 37 heavy (non-hydrogen) atoms. The number of ether oxygens (including phenoxy) is 5. The predicted octanol–water partition coefficient (Wildman–Crippen LogP) is 3.96. The molecule has 1 fully saturated rings. The zero-order chi connectivity index (χ0) is 27.4. The van der Waals surface area contributed by atoms with Gasteiger partial charge in [-0.05, 0) is 47.9 Å². The van der Waals surface area contributed by atoms with E-state index >= 15 is 0 Å². The van der Waals surface area contributed by atoms with E-state index < -0.39 is 11.9 Å². The maximum absolute atomic E-state index is 11.6. The second-order valence-electron chi connectivity index (χ2n) is 8.88. The molecule has 13 nitrogen and oxygen atoms in total. The Morgan fingerprint density at radius 1 is 1.00 bits per heavy atom. The normalized spacial score (nSPS) is 30.0. The summed E-state index contributed by atoms with van der Waals surface area (Å²) in [4.78, 5) is 28.8. The van der Waals surface area contributed by atoms with Gasteiger partial charge in [0, 0.05) is 33.1 Å². The zero-order valence-corrected chi connectivity index (χ0v) is 21.6. The van der Waals surface area contributed by atoms with Crippen LogP contribution in [0.4, 0.5) is 0 Å². The van der Waals surface area contributed by atoms with Crippen LogP contribution in [0.2, 0.25) is 0 Å². The number of rotatable bonds is 10. The largest absolute Gasteiger partial charge is 0.466 e. The molecule has 0 bridgehead atoms. The van der Waals surface area contributed by atoms with E-state index in [9.17, 15) is 9.59 Å². The topological polar surface area (TPSA) is 181 Å². The quantitative estimate of drug-likeness (QED) is 0.105. The van der Waals surface area contributed by atoms with Gasteiger partial charge in [0.15, 0.2) is 0 Å². The summed E-state index contributed by atoms with van der Waals surface area (Å²) in [5.41, 5.74) is 18.1. The molecule has 13 heteroatoms. The Balaban J connectivity index is 0.000000261. The van der Waals surface area contributed by atoms with Gasteiger partial charge in [-0.3, -0.25) is 0 Å². The van der Waals surface area contributed by atoms with Crippen molar-refractivity contribution >= 4 is 11.9 Å². The molecule has 7 atom stereocenters. The van der Waals surface area contributed by atoms with Gasteiger partial charge in [0.25, 0.3) is 0 Å². The summed E-state index contributed by atoms with van der Waals surface area (Å²) in [6, 6.07) is -0.599. The molecule has 3 rings (SSSR count). The predicted molar refractivity (Wildman–Crippen MR) is 133 cm³/mol. The first-order chi connectivity index (χ1) is 17.8. The Morgan fingerprint density at radius 2 is 1.46 bits per heavy atom. The van der Waals surface area contributed by atoms with E-state index in [1.54, 1.807) is 18.2 Å². The Kier molecular flexibility index (Phi) is 12.1. The highest BCUT2D eigenvalue weighted by molar-refractivity contribution is 5.89. The first-order valence-electron chi connectivity index (χ1n) is 11.9. The van der Waals surface area contributed by atoms with Crippen molar-refractivity contribution < 1.29 is 33.3 Å². The Morgan fingerprint density at radius 3 is 1.84 bits per heavy atom. The van der Waals surface area contributed by atoms with Gasteiger partial charge < -0.3 is 23.7 Å². The molecule has 1 aliphatic heterocycles. The smallest absolute Gasteiger partial charge is 0.333 e. The van der Waals surface area contributed by atoms with Crippen molar-refractivity contribution in [1.29, 1.82) is 0 Å². The van der Waals surface area contributed by atoms with E-state index in [0.717, 1.165) is 0 Å². The number of azide groups is 2. The lowest BCUT2D eigenvalue weighted by atomic mass is 9.84. The monoisotopic (exact) mass is 518 g/mol. The third-order valence-corrected chi connectivity index (χ3v) is 6.42. The number of carbonyl (C=O) groups excluding carboxylic acids is 2. The number of carbonyl (C=O) groups is 2. The molecule has 0 saturated carbocycles. The van der Waals surface area contributed by atoms with Crippen LogP contribution >= 0.6 is 0 Å². The lowest BCUT2D eigenvalue weighted by molar-refractivity contribution is -0.137. The maximum Gasteiger partial charge on any atom is 0.333 e. The summed E-state index contributed by atoms with van der Waals surface area (Å²) in [5, 5.41) is 7.46. The molecule has 0 radical (unpaired) electrons. The molecule has 0 spiro atoms. The molecule has 3 aliphatic rings. The lowest BCUT2D eigenvalue weighted by Crippen LogP contribution is -2.35. The van der Waals surface area contributed by atoms with Crippen LogP contribution in [-0.4, -0.2) is 76.4 Å². The van der Waals surface area contributed by atoms with Crippen LogP contribution in [0.1, 0.15) is 26.7 Å². The van der Waals surface area contributed by atoms with Crippen LogP contribution in [0.5, 0.6) is 0 Å². The highest BCUT2D eigenvalue weighted by Gasteiger charge is 2.35. The average molecular weight is 519 g/mol. The highest BCUT2D eigenvalue weighted by Crippen LogP contribution is 2.31. The standard InChI is InChI=1S/C12H17N3O4.C12H17N3O3/c1-7-10(14-15-13)3-8(12(16)17-2)4-11(7)19-6-9-5-18-9;1-4-5-18-11-7-9(12(16)17-3)6-10(8(11)2)14-15-13/h4,7,9-11H,3,5-6H2,1-2H3;4,7-8,10-11H,1,5-6H2,2-3H3/t7-,9?,10?,11?;8-,10?,11?/m00/s1. The van der Waals surface area contributed by atoms with Gasteiger partial charge in [-0.25, -0.2) is 9.59 Å². The Bertz CT molecular complexity index is 982. The van der Waals surface area contributed by atoms with E-state index in [-0.39, 0.29) is 42.2 Å². The van der Waals surface area contributed by atoms with Crippen LogP contribution in [0.3, 0.4) is 0 Å². The maximum atomic E-state index is 11.6. The van der Waals surface area contributed by atoms with Crippen LogP contribution in [0, 0.1) is 11.8 Å². The molecular formula is C24H34N6O7. The third kappa shape index (κ3) is 8.92. The van der Waals surface area contributed by atoms with E-state index in [0.29, 0.717) is 43.8 Å². The molecule has 5 unspecified atom stereocenters. The number of esters is 2.